The second-order valence-electron chi connectivity index (χ2n) is 8.56. The van der Waals surface area contributed by atoms with Crippen molar-refractivity contribution in [3.05, 3.63) is 24.3 Å². The van der Waals surface area contributed by atoms with Gasteiger partial charge in [-0.1, -0.05) is 0 Å². The molecule has 1 unspecified atom stereocenters. The van der Waals surface area contributed by atoms with Crippen LogP contribution in [0, 0.1) is 0 Å². The number of anilines is 1. The van der Waals surface area contributed by atoms with Crippen molar-refractivity contribution in [2.45, 2.75) is 58.2 Å². The number of benzene rings is 1. The Hall–Kier alpha value is -2.32. The van der Waals surface area contributed by atoms with Crippen molar-refractivity contribution in [3.8, 4) is 5.75 Å². The SMILES string of the molecule is CC(C)Oc1ccc(NC(=NCC(=O)N2CCCC2)NCCCOCC2CCCO2)cc1. The first-order valence-corrected chi connectivity index (χ1v) is 11.9. The number of ether oxygens (including phenoxy) is 3. The molecule has 0 bridgehead atoms. The number of nitrogens with zero attached hydrogens (tertiary/aromatic N) is 2. The second-order valence-corrected chi connectivity index (χ2v) is 8.56. The number of hydrogen-bond acceptors (Lipinski definition) is 5. The lowest BCUT2D eigenvalue weighted by atomic mass is 10.2. The number of amides is 1. The summed E-state index contributed by atoms with van der Waals surface area (Å²) in [5, 5.41) is 6.61. The quantitative estimate of drug-likeness (QED) is 0.309. The predicted molar refractivity (Wildman–Crippen MR) is 126 cm³/mol. The van der Waals surface area contributed by atoms with Gasteiger partial charge >= 0.3 is 0 Å². The average Bonchev–Trinajstić information content (AvgIpc) is 3.49. The maximum absolute atomic E-state index is 12.4. The molecule has 2 heterocycles. The first-order chi connectivity index (χ1) is 15.6. The van der Waals surface area contributed by atoms with E-state index in [1.807, 2.05) is 43.0 Å². The van der Waals surface area contributed by atoms with E-state index in [2.05, 4.69) is 15.6 Å². The van der Waals surface area contributed by atoms with Gasteiger partial charge in [0.2, 0.25) is 5.91 Å². The molecule has 0 aliphatic carbocycles. The van der Waals surface area contributed by atoms with Crippen LogP contribution in [0.15, 0.2) is 29.3 Å². The molecule has 2 aliphatic heterocycles. The van der Waals surface area contributed by atoms with Crippen LogP contribution in [0.1, 0.15) is 46.0 Å². The number of aliphatic imine (C=N–C) groups is 1. The van der Waals surface area contributed by atoms with Crippen molar-refractivity contribution in [1.82, 2.24) is 10.2 Å². The summed E-state index contributed by atoms with van der Waals surface area (Å²) in [5.74, 6) is 1.49. The van der Waals surface area contributed by atoms with Gasteiger partial charge in [-0.15, -0.1) is 0 Å². The molecular weight excluding hydrogens is 408 g/mol. The van der Waals surface area contributed by atoms with Crippen molar-refractivity contribution in [3.63, 3.8) is 0 Å². The van der Waals surface area contributed by atoms with Gasteiger partial charge in [0.15, 0.2) is 5.96 Å². The fourth-order valence-electron chi connectivity index (χ4n) is 3.75. The van der Waals surface area contributed by atoms with Crippen LogP contribution in [0.5, 0.6) is 5.75 Å². The van der Waals surface area contributed by atoms with Crippen molar-refractivity contribution in [1.29, 1.82) is 0 Å². The molecule has 0 saturated carbocycles. The first kappa shape index (κ1) is 24.3. The third-order valence-corrected chi connectivity index (χ3v) is 5.41. The molecule has 1 atom stereocenters. The van der Waals surface area contributed by atoms with E-state index in [0.717, 1.165) is 63.2 Å². The fourth-order valence-corrected chi connectivity index (χ4v) is 3.75. The van der Waals surface area contributed by atoms with Crippen molar-refractivity contribution in [2.75, 3.05) is 51.3 Å². The average molecular weight is 447 g/mol. The van der Waals surface area contributed by atoms with Crippen LogP contribution in [0.3, 0.4) is 0 Å². The number of guanidine groups is 1. The Kier molecular flexibility index (Phi) is 10.1. The normalized spacial score (nSPS) is 18.9. The van der Waals surface area contributed by atoms with Crippen LogP contribution in [-0.4, -0.2) is 75.0 Å². The van der Waals surface area contributed by atoms with Crippen LogP contribution < -0.4 is 15.4 Å². The smallest absolute Gasteiger partial charge is 0.244 e. The van der Waals surface area contributed by atoms with E-state index < -0.39 is 0 Å². The summed E-state index contributed by atoms with van der Waals surface area (Å²) in [6, 6.07) is 7.74. The zero-order valence-electron chi connectivity index (χ0n) is 19.5. The van der Waals surface area contributed by atoms with Gasteiger partial charge in [0.1, 0.15) is 12.3 Å². The first-order valence-electron chi connectivity index (χ1n) is 11.9. The summed E-state index contributed by atoms with van der Waals surface area (Å²) >= 11 is 0. The Morgan fingerprint density at radius 3 is 2.69 bits per heavy atom. The summed E-state index contributed by atoms with van der Waals surface area (Å²) in [7, 11) is 0. The molecule has 1 aromatic carbocycles. The monoisotopic (exact) mass is 446 g/mol. The zero-order valence-corrected chi connectivity index (χ0v) is 19.5. The highest BCUT2D eigenvalue weighted by Gasteiger charge is 2.17. The van der Waals surface area contributed by atoms with E-state index >= 15 is 0 Å². The summed E-state index contributed by atoms with van der Waals surface area (Å²) in [6.07, 6.45) is 5.60. The minimum Gasteiger partial charge on any atom is -0.491 e. The fraction of sp³-hybridized carbons (Fsp3) is 0.667. The third kappa shape index (κ3) is 8.67. The van der Waals surface area contributed by atoms with Crippen LogP contribution in [0.25, 0.3) is 0 Å². The topological polar surface area (TPSA) is 84.4 Å². The van der Waals surface area contributed by atoms with Crippen LogP contribution >= 0.6 is 0 Å². The lowest BCUT2D eigenvalue weighted by molar-refractivity contribution is -0.128. The maximum Gasteiger partial charge on any atom is 0.244 e. The van der Waals surface area contributed by atoms with Gasteiger partial charge in [0.05, 0.1) is 18.8 Å². The van der Waals surface area contributed by atoms with Crippen molar-refractivity contribution < 1.29 is 19.0 Å². The molecule has 1 amide bonds. The Labute approximate surface area is 191 Å². The standard InChI is InChI=1S/C24H38N4O4/c1-19(2)32-21-10-8-20(9-11-21)27-24(26-17-23(29)28-13-3-4-14-28)25-12-6-15-30-18-22-7-5-16-31-22/h8-11,19,22H,3-7,12-18H2,1-2H3,(H2,25,26,27). The molecule has 3 rings (SSSR count). The molecule has 2 fully saturated rings. The number of carbonyl (C=O) groups is 1. The molecule has 8 heteroatoms. The second kappa shape index (κ2) is 13.3. The lowest BCUT2D eigenvalue weighted by Crippen LogP contribution is -2.35. The molecule has 32 heavy (non-hydrogen) atoms. The Morgan fingerprint density at radius 1 is 1.22 bits per heavy atom. The minimum absolute atomic E-state index is 0.0733. The summed E-state index contributed by atoms with van der Waals surface area (Å²) in [6.45, 7) is 8.69. The molecule has 8 nitrogen and oxygen atoms in total. The maximum atomic E-state index is 12.4. The number of likely N-dealkylation sites (tertiary alicyclic amines) is 1. The Morgan fingerprint density at radius 2 is 2.00 bits per heavy atom. The highest BCUT2D eigenvalue weighted by Crippen LogP contribution is 2.17. The van der Waals surface area contributed by atoms with E-state index in [4.69, 9.17) is 14.2 Å². The van der Waals surface area contributed by atoms with E-state index in [1.54, 1.807) is 0 Å². The minimum atomic E-state index is 0.0733. The molecule has 0 radical (unpaired) electrons. The van der Waals surface area contributed by atoms with Crippen LogP contribution in [0.4, 0.5) is 5.69 Å². The van der Waals surface area contributed by atoms with Crippen LogP contribution in [0.2, 0.25) is 0 Å². The van der Waals surface area contributed by atoms with Gasteiger partial charge < -0.3 is 29.7 Å². The molecule has 2 aliphatic rings. The van der Waals surface area contributed by atoms with E-state index in [-0.39, 0.29) is 24.7 Å². The Bertz CT molecular complexity index is 711. The zero-order chi connectivity index (χ0) is 22.6. The highest BCUT2D eigenvalue weighted by molar-refractivity contribution is 5.95. The molecule has 0 aromatic heterocycles. The molecular formula is C24H38N4O4. The van der Waals surface area contributed by atoms with Gasteiger partial charge in [-0.2, -0.15) is 0 Å². The lowest BCUT2D eigenvalue weighted by Gasteiger charge is -2.16. The van der Waals surface area contributed by atoms with Gasteiger partial charge in [-0.05, 0) is 70.2 Å². The van der Waals surface area contributed by atoms with E-state index in [1.165, 1.54) is 0 Å². The molecule has 2 saturated heterocycles. The largest absolute Gasteiger partial charge is 0.491 e. The molecule has 1 aromatic rings. The van der Waals surface area contributed by atoms with E-state index in [0.29, 0.717) is 25.7 Å². The summed E-state index contributed by atoms with van der Waals surface area (Å²) < 4.78 is 17.0. The summed E-state index contributed by atoms with van der Waals surface area (Å²) in [5.41, 5.74) is 0.885. The van der Waals surface area contributed by atoms with Crippen LogP contribution in [-0.2, 0) is 14.3 Å². The van der Waals surface area contributed by atoms with E-state index in [9.17, 15) is 4.79 Å². The predicted octanol–water partition coefficient (Wildman–Crippen LogP) is 3.04. The molecule has 0 spiro atoms. The number of carbonyl (C=O) groups excluding carboxylic acids is 1. The van der Waals surface area contributed by atoms with Crippen molar-refractivity contribution in [2.24, 2.45) is 4.99 Å². The number of rotatable bonds is 11. The van der Waals surface area contributed by atoms with Gasteiger partial charge in [-0.3, -0.25) is 4.79 Å². The highest BCUT2D eigenvalue weighted by atomic mass is 16.5. The van der Waals surface area contributed by atoms with Gasteiger partial charge in [0, 0.05) is 38.5 Å². The third-order valence-electron chi connectivity index (χ3n) is 5.41. The molecule has 178 valence electrons. The Balaban J connectivity index is 1.47. The number of nitrogens with one attached hydrogen (secondary N) is 2. The van der Waals surface area contributed by atoms with Gasteiger partial charge in [-0.25, -0.2) is 4.99 Å². The summed E-state index contributed by atoms with van der Waals surface area (Å²) in [4.78, 5) is 18.8. The van der Waals surface area contributed by atoms with Gasteiger partial charge in [0.25, 0.3) is 0 Å². The molecule has 2 N–H and O–H groups in total. The van der Waals surface area contributed by atoms with Crippen molar-refractivity contribution >= 4 is 17.6 Å². The number of hydrogen-bond donors (Lipinski definition) is 2.